The van der Waals surface area contributed by atoms with E-state index in [-0.39, 0.29) is 6.23 Å². The molecule has 4 heteroatoms. The molecule has 0 aliphatic carbocycles. The van der Waals surface area contributed by atoms with Crippen LogP contribution in [0.1, 0.15) is 52.9 Å². The van der Waals surface area contributed by atoms with Gasteiger partial charge in [-0.15, -0.1) is 0 Å². The van der Waals surface area contributed by atoms with Gasteiger partial charge in [-0.3, -0.25) is 0 Å². The molecule has 20 heavy (non-hydrogen) atoms. The fourth-order valence-corrected chi connectivity index (χ4v) is 2.64. The first-order valence-electron chi connectivity index (χ1n) is 8.27. The number of likely N-dealkylation sites (tertiary alicyclic amines) is 1. The molecule has 1 rings (SSSR count). The minimum atomic E-state index is -0.165. The van der Waals surface area contributed by atoms with Gasteiger partial charge < -0.3 is 20.1 Å². The molecule has 1 heterocycles. The van der Waals surface area contributed by atoms with Crippen LogP contribution in [-0.2, 0) is 9.47 Å². The normalized spacial score (nSPS) is 18.6. The summed E-state index contributed by atoms with van der Waals surface area (Å²) in [5.41, 5.74) is 6.34. The maximum Gasteiger partial charge on any atom is 0.106 e. The zero-order chi connectivity index (χ0) is 14.8. The summed E-state index contributed by atoms with van der Waals surface area (Å²) >= 11 is 0. The van der Waals surface area contributed by atoms with Crippen LogP contribution < -0.4 is 5.73 Å². The topological polar surface area (TPSA) is 47.7 Å². The molecule has 120 valence electrons. The van der Waals surface area contributed by atoms with Gasteiger partial charge in [-0.2, -0.15) is 0 Å². The molecule has 0 saturated carbocycles. The van der Waals surface area contributed by atoms with Crippen molar-refractivity contribution in [2.75, 3.05) is 39.5 Å². The summed E-state index contributed by atoms with van der Waals surface area (Å²) < 4.78 is 11.3. The molecule has 1 saturated heterocycles. The highest BCUT2D eigenvalue weighted by atomic mass is 16.5. The Morgan fingerprint density at radius 3 is 2.35 bits per heavy atom. The molecular weight excluding hydrogens is 252 g/mol. The van der Waals surface area contributed by atoms with Gasteiger partial charge in [0.05, 0.1) is 19.8 Å². The molecule has 0 spiro atoms. The molecule has 1 unspecified atom stereocenters. The zero-order valence-electron chi connectivity index (χ0n) is 13.7. The molecule has 1 aliphatic heterocycles. The highest BCUT2D eigenvalue weighted by molar-refractivity contribution is 4.73. The lowest BCUT2D eigenvalue weighted by molar-refractivity contribution is -0.0157. The molecule has 1 atom stereocenters. The van der Waals surface area contributed by atoms with Crippen molar-refractivity contribution in [2.24, 2.45) is 11.1 Å². The van der Waals surface area contributed by atoms with E-state index in [2.05, 4.69) is 25.7 Å². The molecular formula is C16H34N2O2. The third-order valence-electron chi connectivity index (χ3n) is 4.71. The maximum atomic E-state index is 6.04. The summed E-state index contributed by atoms with van der Waals surface area (Å²) in [6.45, 7) is 12.3. The lowest BCUT2D eigenvalue weighted by atomic mass is 9.81. The Labute approximate surface area is 125 Å². The summed E-state index contributed by atoms with van der Waals surface area (Å²) in [6, 6.07) is 0. The first-order valence-corrected chi connectivity index (χ1v) is 8.27. The zero-order valence-corrected chi connectivity index (χ0v) is 13.7. The fourth-order valence-electron chi connectivity index (χ4n) is 2.64. The van der Waals surface area contributed by atoms with Crippen molar-refractivity contribution in [3.8, 4) is 0 Å². The van der Waals surface area contributed by atoms with Gasteiger partial charge in [0.15, 0.2) is 0 Å². The lowest BCUT2D eigenvalue weighted by Crippen LogP contribution is -2.32. The van der Waals surface area contributed by atoms with E-state index < -0.39 is 0 Å². The number of hydrogen-bond donors (Lipinski definition) is 1. The highest BCUT2D eigenvalue weighted by Crippen LogP contribution is 2.30. The Hall–Kier alpha value is -0.160. The third kappa shape index (κ3) is 7.02. The Morgan fingerprint density at radius 1 is 1.10 bits per heavy atom. The molecule has 0 amide bonds. The van der Waals surface area contributed by atoms with E-state index >= 15 is 0 Å². The number of hydrogen-bond acceptors (Lipinski definition) is 4. The van der Waals surface area contributed by atoms with Crippen molar-refractivity contribution in [2.45, 2.75) is 59.1 Å². The smallest absolute Gasteiger partial charge is 0.106 e. The predicted molar refractivity (Wildman–Crippen MR) is 83.7 cm³/mol. The van der Waals surface area contributed by atoms with E-state index in [4.69, 9.17) is 15.2 Å². The first kappa shape index (κ1) is 17.9. The quantitative estimate of drug-likeness (QED) is 0.468. The van der Waals surface area contributed by atoms with Gasteiger partial charge in [0.25, 0.3) is 0 Å². The Morgan fingerprint density at radius 2 is 1.75 bits per heavy atom. The van der Waals surface area contributed by atoms with Gasteiger partial charge in [0.1, 0.15) is 6.23 Å². The van der Waals surface area contributed by atoms with Crippen molar-refractivity contribution in [3.63, 3.8) is 0 Å². The monoisotopic (exact) mass is 286 g/mol. The van der Waals surface area contributed by atoms with E-state index in [1.807, 2.05) is 0 Å². The Kier molecular flexibility index (Phi) is 8.69. The molecule has 1 fully saturated rings. The lowest BCUT2D eigenvalue weighted by Gasteiger charge is -2.29. The third-order valence-corrected chi connectivity index (χ3v) is 4.71. The molecule has 0 radical (unpaired) electrons. The number of nitrogens with two attached hydrogens (primary N) is 1. The molecule has 0 aromatic heterocycles. The average molecular weight is 286 g/mol. The average Bonchev–Trinajstić information content (AvgIpc) is 2.95. The van der Waals surface area contributed by atoms with Crippen LogP contribution in [0.25, 0.3) is 0 Å². The maximum absolute atomic E-state index is 6.04. The van der Waals surface area contributed by atoms with Crippen LogP contribution in [0, 0.1) is 5.41 Å². The van der Waals surface area contributed by atoms with Crippen LogP contribution in [0.2, 0.25) is 0 Å². The van der Waals surface area contributed by atoms with E-state index in [0.29, 0.717) is 18.6 Å². The van der Waals surface area contributed by atoms with E-state index in [1.165, 1.54) is 25.9 Å². The predicted octanol–water partition coefficient (Wildman–Crippen LogP) is 2.62. The first-order chi connectivity index (χ1) is 9.59. The largest absolute Gasteiger partial charge is 0.378 e. The van der Waals surface area contributed by atoms with Crippen molar-refractivity contribution in [3.05, 3.63) is 0 Å². The number of nitrogens with zero attached hydrogens (tertiary/aromatic N) is 1. The van der Waals surface area contributed by atoms with Gasteiger partial charge in [-0.25, -0.2) is 0 Å². The number of rotatable bonds is 11. The molecule has 0 aromatic rings. The van der Waals surface area contributed by atoms with Crippen LogP contribution in [0.4, 0.5) is 0 Å². The molecule has 2 N–H and O–H groups in total. The minimum Gasteiger partial charge on any atom is -0.378 e. The summed E-state index contributed by atoms with van der Waals surface area (Å²) in [7, 11) is 0. The van der Waals surface area contributed by atoms with E-state index in [0.717, 1.165) is 32.4 Å². The standard InChI is InChI=1S/C16H34N2O2/c1-4-16(3,5-2)14-15(17)20-13-12-19-11-10-18-8-6-7-9-18/h15H,4-14,17H2,1-3H3. The van der Waals surface area contributed by atoms with Crippen LogP contribution in [0.5, 0.6) is 0 Å². The van der Waals surface area contributed by atoms with Crippen molar-refractivity contribution in [1.29, 1.82) is 0 Å². The summed E-state index contributed by atoms with van der Waals surface area (Å²) in [6.07, 6.45) is 5.73. The van der Waals surface area contributed by atoms with Crippen LogP contribution in [0.15, 0.2) is 0 Å². The summed E-state index contributed by atoms with van der Waals surface area (Å²) in [4.78, 5) is 2.46. The van der Waals surface area contributed by atoms with Gasteiger partial charge in [-0.05, 0) is 37.8 Å². The van der Waals surface area contributed by atoms with Gasteiger partial charge in [0.2, 0.25) is 0 Å². The second-order valence-corrected chi connectivity index (χ2v) is 6.29. The SMILES string of the molecule is CCC(C)(CC)CC(N)OCCOCCN1CCCC1. The minimum absolute atomic E-state index is 0.165. The van der Waals surface area contributed by atoms with Crippen LogP contribution >= 0.6 is 0 Å². The van der Waals surface area contributed by atoms with Crippen molar-refractivity contribution in [1.82, 2.24) is 4.90 Å². The van der Waals surface area contributed by atoms with Gasteiger partial charge >= 0.3 is 0 Å². The Balaban J connectivity index is 1.97. The van der Waals surface area contributed by atoms with Gasteiger partial charge in [0, 0.05) is 6.54 Å². The molecule has 1 aliphatic rings. The molecule has 0 aromatic carbocycles. The second kappa shape index (κ2) is 9.72. The van der Waals surface area contributed by atoms with Crippen molar-refractivity contribution >= 4 is 0 Å². The molecule has 0 bridgehead atoms. The van der Waals surface area contributed by atoms with Gasteiger partial charge in [-0.1, -0.05) is 33.6 Å². The van der Waals surface area contributed by atoms with Crippen molar-refractivity contribution < 1.29 is 9.47 Å². The van der Waals surface area contributed by atoms with Crippen LogP contribution in [0.3, 0.4) is 0 Å². The second-order valence-electron chi connectivity index (χ2n) is 6.29. The van der Waals surface area contributed by atoms with Crippen LogP contribution in [-0.4, -0.2) is 50.6 Å². The summed E-state index contributed by atoms with van der Waals surface area (Å²) in [5, 5.41) is 0. The fraction of sp³-hybridized carbons (Fsp3) is 1.00. The highest BCUT2D eigenvalue weighted by Gasteiger charge is 2.23. The number of ether oxygens (including phenoxy) is 2. The Bertz CT molecular complexity index is 239. The summed E-state index contributed by atoms with van der Waals surface area (Å²) in [5.74, 6) is 0. The van der Waals surface area contributed by atoms with E-state index in [9.17, 15) is 0 Å². The van der Waals surface area contributed by atoms with E-state index in [1.54, 1.807) is 0 Å². The molecule has 4 nitrogen and oxygen atoms in total.